The van der Waals surface area contributed by atoms with Crippen LogP contribution in [0.2, 0.25) is 0 Å². The molecule has 1 fully saturated rings. The van der Waals surface area contributed by atoms with Gasteiger partial charge in [-0.2, -0.15) is 10.2 Å². The largest absolute Gasteiger partial charge is 0.373 e. The quantitative estimate of drug-likeness (QED) is 0.792. The van der Waals surface area contributed by atoms with E-state index in [2.05, 4.69) is 16.2 Å². The average Bonchev–Trinajstić information content (AvgIpc) is 2.96. The van der Waals surface area contributed by atoms with Crippen LogP contribution in [0.25, 0.3) is 0 Å². The predicted molar refractivity (Wildman–Crippen MR) is 73.9 cm³/mol. The van der Waals surface area contributed by atoms with E-state index in [0.29, 0.717) is 24.1 Å². The van der Waals surface area contributed by atoms with E-state index in [4.69, 9.17) is 14.5 Å². The fourth-order valence-corrected chi connectivity index (χ4v) is 2.91. The number of nitriles is 1. The van der Waals surface area contributed by atoms with Gasteiger partial charge in [0.15, 0.2) is 0 Å². The molecule has 0 saturated heterocycles. The fourth-order valence-electron chi connectivity index (χ4n) is 2.91. The highest BCUT2D eigenvalue weighted by molar-refractivity contribution is 4.98. The van der Waals surface area contributed by atoms with Crippen molar-refractivity contribution >= 4 is 0 Å². The van der Waals surface area contributed by atoms with Crippen LogP contribution < -0.4 is 0 Å². The summed E-state index contributed by atoms with van der Waals surface area (Å²) in [6.45, 7) is 2.01. The third-order valence-electron chi connectivity index (χ3n) is 4.15. The number of rotatable bonds is 6. The van der Waals surface area contributed by atoms with Gasteiger partial charge in [0.25, 0.3) is 0 Å². The zero-order valence-electron chi connectivity index (χ0n) is 12.3. The van der Waals surface area contributed by atoms with Crippen LogP contribution in [0.3, 0.4) is 0 Å². The van der Waals surface area contributed by atoms with Gasteiger partial charge in [-0.3, -0.25) is 0 Å². The lowest BCUT2D eigenvalue weighted by atomic mass is 9.85. The van der Waals surface area contributed by atoms with Crippen LogP contribution in [-0.2, 0) is 4.74 Å². The number of nitrogens with zero attached hydrogens (tertiary/aromatic N) is 3. The first kappa shape index (κ1) is 15.0. The van der Waals surface area contributed by atoms with Gasteiger partial charge in [-0.05, 0) is 25.2 Å². The van der Waals surface area contributed by atoms with E-state index in [0.717, 1.165) is 6.42 Å². The Bertz CT molecular complexity index is 446. The van der Waals surface area contributed by atoms with Crippen molar-refractivity contribution in [2.24, 2.45) is 5.92 Å². The van der Waals surface area contributed by atoms with Crippen molar-refractivity contribution in [3.05, 3.63) is 11.7 Å². The molecule has 5 heteroatoms. The van der Waals surface area contributed by atoms with Gasteiger partial charge in [-0.25, -0.2) is 0 Å². The van der Waals surface area contributed by atoms with Crippen molar-refractivity contribution in [2.45, 2.75) is 63.9 Å². The van der Waals surface area contributed by atoms with Crippen molar-refractivity contribution in [3.63, 3.8) is 0 Å². The van der Waals surface area contributed by atoms with E-state index < -0.39 is 0 Å². The average molecular weight is 277 g/mol. The highest BCUT2D eigenvalue weighted by atomic mass is 16.5. The van der Waals surface area contributed by atoms with Gasteiger partial charge >= 0.3 is 0 Å². The number of hydrogen-bond acceptors (Lipinski definition) is 5. The van der Waals surface area contributed by atoms with Gasteiger partial charge in [-0.15, -0.1) is 0 Å². The van der Waals surface area contributed by atoms with Crippen LogP contribution in [0, 0.1) is 17.2 Å². The summed E-state index contributed by atoms with van der Waals surface area (Å²) >= 11 is 0. The SMILES string of the molecule is COC(c1noc(C(C)CCC#N)n1)C1CCCCC1. The highest BCUT2D eigenvalue weighted by Gasteiger charge is 2.29. The Balaban J connectivity index is 2.03. The Hall–Kier alpha value is -1.41. The Labute approximate surface area is 120 Å². The Kier molecular flexibility index (Phi) is 5.54. The van der Waals surface area contributed by atoms with E-state index >= 15 is 0 Å². The first-order valence-corrected chi connectivity index (χ1v) is 7.49. The lowest BCUT2D eigenvalue weighted by molar-refractivity contribution is 0.0273. The minimum absolute atomic E-state index is 0.0593. The molecule has 5 nitrogen and oxygen atoms in total. The van der Waals surface area contributed by atoms with Crippen molar-refractivity contribution in [1.82, 2.24) is 10.1 Å². The molecule has 20 heavy (non-hydrogen) atoms. The molecule has 1 aliphatic carbocycles. The molecule has 110 valence electrons. The van der Waals surface area contributed by atoms with Crippen molar-refractivity contribution in [1.29, 1.82) is 5.26 Å². The molecule has 0 bridgehead atoms. The van der Waals surface area contributed by atoms with Gasteiger partial charge in [0, 0.05) is 19.4 Å². The second-order valence-corrected chi connectivity index (χ2v) is 5.64. The fraction of sp³-hybridized carbons (Fsp3) is 0.800. The topological polar surface area (TPSA) is 71.9 Å². The highest BCUT2D eigenvalue weighted by Crippen LogP contribution is 2.35. The van der Waals surface area contributed by atoms with E-state index in [1.165, 1.54) is 32.1 Å². The van der Waals surface area contributed by atoms with Gasteiger partial charge in [0.05, 0.1) is 6.07 Å². The van der Waals surface area contributed by atoms with E-state index in [1.807, 2.05) is 6.92 Å². The molecule has 0 aliphatic heterocycles. The summed E-state index contributed by atoms with van der Waals surface area (Å²) in [6, 6.07) is 2.15. The summed E-state index contributed by atoms with van der Waals surface area (Å²) in [4.78, 5) is 4.50. The lowest BCUT2D eigenvalue weighted by Gasteiger charge is -2.26. The minimum Gasteiger partial charge on any atom is -0.373 e. The first-order valence-electron chi connectivity index (χ1n) is 7.49. The smallest absolute Gasteiger partial charge is 0.229 e. The van der Waals surface area contributed by atoms with Crippen LogP contribution in [0.5, 0.6) is 0 Å². The molecular weight excluding hydrogens is 254 g/mol. The van der Waals surface area contributed by atoms with Crippen LogP contribution >= 0.6 is 0 Å². The first-order chi connectivity index (χ1) is 9.76. The van der Waals surface area contributed by atoms with E-state index in [9.17, 15) is 0 Å². The molecular formula is C15H23N3O2. The molecule has 2 atom stereocenters. The molecule has 0 radical (unpaired) electrons. The summed E-state index contributed by atoms with van der Waals surface area (Å²) in [7, 11) is 1.72. The van der Waals surface area contributed by atoms with Crippen LogP contribution in [0.15, 0.2) is 4.52 Å². The molecule has 2 rings (SSSR count). The number of ether oxygens (including phenoxy) is 1. The number of aromatic nitrogens is 2. The van der Waals surface area contributed by atoms with Crippen LogP contribution in [0.4, 0.5) is 0 Å². The molecule has 1 heterocycles. The second-order valence-electron chi connectivity index (χ2n) is 5.64. The lowest BCUT2D eigenvalue weighted by Crippen LogP contribution is -2.19. The molecule has 2 unspecified atom stereocenters. The van der Waals surface area contributed by atoms with Crippen molar-refractivity contribution in [2.75, 3.05) is 7.11 Å². The summed E-state index contributed by atoms with van der Waals surface area (Å²) in [5.74, 6) is 1.90. The maximum atomic E-state index is 8.63. The predicted octanol–water partition coefficient (Wildman–Crippen LogP) is 3.74. The Morgan fingerprint density at radius 1 is 1.40 bits per heavy atom. The van der Waals surface area contributed by atoms with E-state index in [-0.39, 0.29) is 12.0 Å². The summed E-state index contributed by atoms with van der Waals surface area (Å²) in [6.07, 6.45) is 7.38. The monoisotopic (exact) mass is 277 g/mol. The Morgan fingerprint density at radius 3 is 2.80 bits per heavy atom. The van der Waals surface area contributed by atoms with Crippen molar-refractivity contribution in [3.8, 4) is 6.07 Å². The standard InChI is InChI=1S/C15H23N3O2/c1-11(7-6-10-16)15-17-14(18-20-15)13(19-2)12-8-4-3-5-9-12/h11-13H,3-9H2,1-2H3. The maximum Gasteiger partial charge on any atom is 0.229 e. The molecule has 0 amide bonds. The zero-order chi connectivity index (χ0) is 14.4. The third kappa shape index (κ3) is 3.57. The number of hydrogen-bond donors (Lipinski definition) is 0. The Morgan fingerprint density at radius 2 is 2.15 bits per heavy atom. The molecule has 1 aromatic heterocycles. The van der Waals surface area contributed by atoms with Gasteiger partial charge < -0.3 is 9.26 Å². The third-order valence-corrected chi connectivity index (χ3v) is 4.15. The second kappa shape index (κ2) is 7.39. The van der Waals surface area contributed by atoms with E-state index in [1.54, 1.807) is 7.11 Å². The minimum atomic E-state index is -0.0593. The molecule has 1 aliphatic rings. The van der Waals surface area contributed by atoms with Gasteiger partial charge in [0.2, 0.25) is 11.7 Å². The molecule has 0 spiro atoms. The van der Waals surface area contributed by atoms with Gasteiger partial charge in [-0.1, -0.05) is 31.3 Å². The summed E-state index contributed by atoms with van der Waals surface area (Å²) in [5.41, 5.74) is 0. The number of methoxy groups -OCH3 is 1. The molecule has 0 N–H and O–H groups in total. The molecule has 1 saturated carbocycles. The van der Waals surface area contributed by atoms with Crippen LogP contribution in [0.1, 0.15) is 75.6 Å². The van der Waals surface area contributed by atoms with Crippen molar-refractivity contribution < 1.29 is 9.26 Å². The maximum absolute atomic E-state index is 8.63. The normalized spacial score (nSPS) is 19.4. The van der Waals surface area contributed by atoms with Crippen LogP contribution in [-0.4, -0.2) is 17.3 Å². The van der Waals surface area contributed by atoms with Gasteiger partial charge in [0.1, 0.15) is 6.10 Å². The molecule has 0 aromatic carbocycles. The summed E-state index contributed by atoms with van der Waals surface area (Å²) in [5, 5.41) is 12.7. The zero-order valence-corrected chi connectivity index (χ0v) is 12.3. The molecule has 1 aromatic rings. The summed E-state index contributed by atoms with van der Waals surface area (Å²) < 4.78 is 11.0.